The van der Waals surface area contributed by atoms with Crippen LogP contribution in [-0.2, 0) is 44.8 Å². The van der Waals surface area contributed by atoms with E-state index < -0.39 is 82.9 Å². The fraction of sp³-hybridized carbons (Fsp3) is 0.711. The zero-order valence-electron chi connectivity index (χ0n) is 38.5. The molecule has 13 atom stereocenters. The van der Waals surface area contributed by atoms with E-state index in [9.17, 15) is 24.6 Å². The first-order chi connectivity index (χ1) is 29.5. The van der Waals surface area contributed by atoms with Crippen LogP contribution in [0.4, 0.5) is 10.2 Å². The number of aliphatic imine (C=N–C) groups is 1. The van der Waals surface area contributed by atoms with E-state index in [0.717, 1.165) is 6.92 Å². The van der Waals surface area contributed by atoms with Crippen LogP contribution in [0, 0.1) is 23.7 Å². The lowest BCUT2D eigenvalue weighted by Gasteiger charge is -2.48. The van der Waals surface area contributed by atoms with Gasteiger partial charge < -0.3 is 49.0 Å². The van der Waals surface area contributed by atoms with Gasteiger partial charge in [0.15, 0.2) is 18.7 Å². The van der Waals surface area contributed by atoms with Gasteiger partial charge >= 0.3 is 5.97 Å². The third-order valence-corrected chi connectivity index (χ3v) is 13.0. The number of oxazole rings is 1. The fourth-order valence-corrected chi connectivity index (χ4v) is 9.42. The Labute approximate surface area is 369 Å². The Morgan fingerprint density at radius 2 is 1.81 bits per heavy atom. The molecule has 0 spiro atoms. The van der Waals surface area contributed by atoms with Gasteiger partial charge in [0.25, 0.3) is 5.67 Å². The summed E-state index contributed by atoms with van der Waals surface area (Å²) in [5.41, 5.74) is 0.929. The van der Waals surface area contributed by atoms with E-state index in [1.165, 1.54) is 20.1 Å². The highest BCUT2D eigenvalue weighted by Crippen LogP contribution is 2.43. The zero-order chi connectivity index (χ0) is 46.6. The topological polar surface area (TPSA) is 231 Å². The molecule has 0 saturated carbocycles. The molecular formula is C45H67FN6O11. The van der Waals surface area contributed by atoms with Crippen molar-refractivity contribution >= 4 is 34.9 Å². The molecule has 3 saturated heterocycles. The lowest BCUT2D eigenvalue weighted by Crippen LogP contribution is -2.61. The highest BCUT2D eigenvalue weighted by Gasteiger charge is 2.56. The standard InChI is InChI=1S/C45H67FN6O11/c1-12-33-45(9,57)30-18-17-28(51-60-23-29-21-58-40(48-29)31-15-14-16-34(47)49-31)22-59-43(7,20-24(3)36(26(30)5)50-35(53)13-2)39(27(6)38(55)44(8,46)42(56)62-33)63-41-37(54)32(52(10)11)19-25(4)61-41/h14-16,21,24-27,30,32-33,37,39,41,54,57H,12-13,17-20,22-23H2,1-11H3,(H2,47,49)/b50-36+,51-28+/t24-,25-,26-,27+,30-,32+,33-,37-,39-,41+,43-,44+,45+/m1/s1. The molecule has 3 aliphatic heterocycles. The molecule has 0 unspecified atom stereocenters. The molecule has 5 rings (SSSR count). The van der Waals surface area contributed by atoms with Crippen molar-refractivity contribution in [2.75, 3.05) is 26.4 Å². The Balaban J connectivity index is 1.67. The summed E-state index contributed by atoms with van der Waals surface area (Å²) in [6.45, 7) is 14.1. The maximum Gasteiger partial charge on any atom is 0.351 e. The smallest absolute Gasteiger partial charge is 0.351 e. The Hall–Kier alpha value is -4.20. The first-order valence-corrected chi connectivity index (χ1v) is 22.0. The van der Waals surface area contributed by atoms with Crippen molar-refractivity contribution in [2.45, 2.75) is 161 Å². The number of cyclic esters (lactones) is 1. The number of hydrogen-bond donors (Lipinski definition) is 3. The number of anilines is 1. The number of amides is 1. The number of ketones is 1. The second-order valence-electron chi connectivity index (χ2n) is 18.3. The van der Waals surface area contributed by atoms with Crippen LogP contribution in [0.25, 0.3) is 11.6 Å². The number of rotatable bonds is 9. The summed E-state index contributed by atoms with van der Waals surface area (Å²) in [6.07, 6.45) is -3.12. The van der Waals surface area contributed by atoms with Crippen LogP contribution < -0.4 is 5.73 Å². The number of likely N-dealkylation sites (N-methyl/N-ethyl adjacent to an activating group) is 1. The minimum atomic E-state index is -3.20. The van der Waals surface area contributed by atoms with E-state index in [1.54, 1.807) is 39.0 Å². The normalized spacial score (nSPS) is 37.6. The SMILES string of the molecule is CCC(=O)/N=C1\[C@H](C)C[C@@]2(C)OC/C(=N/OCc3coc(-c4cccc(N)n4)n3)CC[C@H]([C@H]1C)[C@](C)(O)[C@@H](CC)OC(=O)[C@@](C)(F)C(=O)[C@H](C)[C@H]2O[C@@H]1O[C@H](C)C[C@H](N(C)C)[C@H]1O. The molecule has 2 aromatic heterocycles. The average molecular weight is 887 g/mol. The van der Waals surface area contributed by atoms with Crippen molar-refractivity contribution in [3.8, 4) is 11.6 Å². The number of nitrogens with two attached hydrogens (primary N) is 1. The number of aliphatic hydroxyl groups is 2. The molecule has 0 aromatic carbocycles. The van der Waals surface area contributed by atoms with Gasteiger partial charge in [-0.25, -0.2) is 24.1 Å². The van der Waals surface area contributed by atoms with E-state index in [4.69, 9.17) is 33.9 Å². The lowest BCUT2D eigenvalue weighted by molar-refractivity contribution is -0.296. The molecular weight excluding hydrogens is 820 g/mol. The van der Waals surface area contributed by atoms with Crippen LogP contribution in [0.3, 0.4) is 0 Å². The minimum Gasteiger partial charge on any atom is -0.457 e. The van der Waals surface area contributed by atoms with Crippen molar-refractivity contribution in [3.05, 3.63) is 30.2 Å². The Bertz CT molecular complexity index is 1990. The van der Waals surface area contributed by atoms with Crippen LogP contribution in [-0.4, -0.2) is 128 Å². The molecule has 3 fully saturated rings. The maximum absolute atomic E-state index is 17.0. The summed E-state index contributed by atoms with van der Waals surface area (Å²) in [5, 5.41) is 28.8. The van der Waals surface area contributed by atoms with E-state index in [2.05, 4.69) is 20.1 Å². The van der Waals surface area contributed by atoms with Gasteiger partial charge in [0.2, 0.25) is 11.8 Å². The zero-order valence-corrected chi connectivity index (χ0v) is 38.5. The second kappa shape index (κ2) is 20.3. The Kier molecular flexibility index (Phi) is 16.1. The molecule has 5 heterocycles. The van der Waals surface area contributed by atoms with Crippen LogP contribution in [0.15, 0.2) is 39.0 Å². The van der Waals surface area contributed by atoms with Crippen LogP contribution >= 0.6 is 0 Å². The summed E-state index contributed by atoms with van der Waals surface area (Å²) in [5.74, 6) is -5.88. The first-order valence-electron chi connectivity index (χ1n) is 22.0. The number of ether oxygens (including phenoxy) is 4. The molecule has 1 amide bonds. The van der Waals surface area contributed by atoms with Crippen molar-refractivity contribution in [1.29, 1.82) is 0 Å². The molecule has 2 aromatic rings. The van der Waals surface area contributed by atoms with Gasteiger partial charge in [-0.1, -0.05) is 45.8 Å². The molecule has 63 heavy (non-hydrogen) atoms. The van der Waals surface area contributed by atoms with E-state index in [0.29, 0.717) is 35.0 Å². The van der Waals surface area contributed by atoms with Gasteiger partial charge in [0.05, 0.1) is 30.1 Å². The molecule has 2 bridgehead atoms. The molecule has 350 valence electrons. The fourth-order valence-electron chi connectivity index (χ4n) is 9.42. The number of esters is 1. The second-order valence-corrected chi connectivity index (χ2v) is 18.3. The number of halogens is 1. The average Bonchev–Trinajstić information content (AvgIpc) is 3.70. The largest absolute Gasteiger partial charge is 0.457 e. The van der Waals surface area contributed by atoms with E-state index in [1.807, 2.05) is 39.8 Å². The van der Waals surface area contributed by atoms with Crippen molar-refractivity contribution in [2.24, 2.45) is 33.8 Å². The van der Waals surface area contributed by atoms with Crippen molar-refractivity contribution in [1.82, 2.24) is 14.9 Å². The number of oxime groups is 1. The number of carbonyl (C=O) groups is 3. The van der Waals surface area contributed by atoms with E-state index >= 15 is 4.39 Å². The number of aromatic nitrogens is 2. The van der Waals surface area contributed by atoms with Gasteiger partial charge in [-0.2, -0.15) is 0 Å². The summed E-state index contributed by atoms with van der Waals surface area (Å²) in [6, 6.07) is 4.68. The number of aliphatic hydroxyl groups excluding tert-OH is 1. The van der Waals surface area contributed by atoms with Gasteiger partial charge in [-0.3, -0.25) is 9.59 Å². The van der Waals surface area contributed by atoms with Gasteiger partial charge in [0.1, 0.15) is 41.3 Å². The number of carbonyl (C=O) groups excluding carboxylic acids is 3. The molecule has 4 N–H and O–H groups in total. The minimum absolute atomic E-state index is 0.0400. The predicted octanol–water partition coefficient (Wildman–Crippen LogP) is 5.25. The van der Waals surface area contributed by atoms with Gasteiger partial charge in [-0.15, -0.1) is 0 Å². The lowest BCUT2D eigenvalue weighted by atomic mass is 9.68. The molecule has 17 nitrogen and oxygen atoms in total. The summed E-state index contributed by atoms with van der Waals surface area (Å²) in [7, 11) is 3.64. The van der Waals surface area contributed by atoms with E-state index in [-0.39, 0.29) is 63.2 Å². The predicted molar refractivity (Wildman–Crippen MR) is 231 cm³/mol. The quantitative estimate of drug-likeness (QED) is 0.166. The number of nitrogens with zero attached hydrogens (tertiary/aromatic N) is 5. The van der Waals surface area contributed by atoms with Crippen LogP contribution in [0.2, 0.25) is 0 Å². The number of Topliss-reactive ketones (excluding diaryl/α,β-unsaturated/α-hetero) is 1. The van der Waals surface area contributed by atoms with Crippen LogP contribution in [0.1, 0.15) is 107 Å². The monoisotopic (exact) mass is 886 g/mol. The molecule has 18 heteroatoms. The Morgan fingerprint density at radius 1 is 1.10 bits per heavy atom. The number of hydrogen-bond acceptors (Lipinski definition) is 16. The van der Waals surface area contributed by atoms with Gasteiger partial charge in [-0.05, 0) is 97.9 Å². The number of fused-ring (bicyclic) bond motifs is 5. The third kappa shape index (κ3) is 11.2. The third-order valence-electron chi connectivity index (χ3n) is 13.0. The number of pyridine rings is 1. The summed E-state index contributed by atoms with van der Waals surface area (Å²) >= 11 is 0. The maximum atomic E-state index is 17.0. The molecule has 3 aliphatic rings. The number of nitrogen functional groups attached to an aromatic ring is 1. The highest BCUT2D eigenvalue weighted by atomic mass is 19.1. The van der Waals surface area contributed by atoms with Crippen molar-refractivity contribution in [3.63, 3.8) is 0 Å². The molecule has 0 aliphatic carbocycles. The first kappa shape index (κ1) is 49.8. The molecule has 0 radical (unpaired) electrons. The van der Waals surface area contributed by atoms with Crippen molar-refractivity contribution < 1.29 is 57.2 Å². The number of alkyl halides is 1. The summed E-state index contributed by atoms with van der Waals surface area (Å²) in [4.78, 5) is 62.7. The summed E-state index contributed by atoms with van der Waals surface area (Å²) < 4.78 is 48.2. The Morgan fingerprint density at radius 3 is 2.46 bits per heavy atom. The van der Waals surface area contributed by atoms with Crippen LogP contribution in [0.5, 0.6) is 0 Å². The van der Waals surface area contributed by atoms with Gasteiger partial charge in [0, 0.05) is 30.0 Å². The highest BCUT2D eigenvalue weighted by molar-refractivity contribution is 6.08.